The summed E-state index contributed by atoms with van der Waals surface area (Å²) in [6.45, 7) is 5.57. The standard InChI is InChI=1S/C15H19ClN4O3S3/c1-9(2)24-15-19-18-14(25-15)17-13(21)10(3)20(26(4,22)23)12-7-5-11(16)6-8-12/h5-10H,1-4H3,(H,17,18,21)/t10-/m0/s1. The number of halogens is 1. The molecule has 0 aliphatic rings. The van der Waals surface area contributed by atoms with Crippen LogP contribution < -0.4 is 9.62 Å². The first-order valence-electron chi connectivity index (χ1n) is 7.64. The lowest BCUT2D eigenvalue weighted by Gasteiger charge is -2.27. The number of anilines is 2. The Morgan fingerprint density at radius 2 is 1.85 bits per heavy atom. The minimum absolute atomic E-state index is 0.328. The molecule has 0 spiro atoms. The Hall–Kier alpha value is -1.36. The Kier molecular flexibility index (Phi) is 6.89. The normalized spacial score (nSPS) is 12.8. The number of nitrogens with zero attached hydrogens (tertiary/aromatic N) is 3. The molecule has 1 amide bonds. The lowest BCUT2D eigenvalue weighted by Crippen LogP contribution is -2.45. The van der Waals surface area contributed by atoms with Gasteiger partial charge in [0, 0.05) is 10.3 Å². The minimum Gasteiger partial charge on any atom is -0.299 e. The van der Waals surface area contributed by atoms with Crippen LogP contribution in [-0.4, -0.2) is 42.1 Å². The zero-order valence-corrected chi connectivity index (χ0v) is 17.8. The fourth-order valence-electron chi connectivity index (χ4n) is 2.12. The van der Waals surface area contributed by atoms with Crippen LogP contribution in [0.15, 0.2) is 28.6 Å². The van der Waals surface area contributed by atoms with Gasteiger partial charge in [-0.1, -0.05) is 48.5 Å². The van der Waals surface area contributed by atoms with E-state index in [9.17, 15) is 13.2 Å². The maximum absolute atomic E-state index is 12.6. The van der Waals surface area contributed by atoms with Gasteiger partial charge >= 0.3 is 0 Å². The number of rotatable bonds is 7. The molecule has 0 radical (unpaired) electrons. The predicted molar refractivity (Wildman–Crippen MR) is 108 cm³/mol. The van der Waals surface area contributed by atoms with E-state index < -0.39 is 22.0 Å². The Labute approximate surface area is 166 Å². The van der Waals surface area contributed by atoms with Crippen LogP contribution in [-0.2, 0) is 14.8 Å². The number of benzene rings is 1. The van der Waals surface area contributed by atoms with Gasteiger partial charge < -0.3 is 0 Å². The van der Waals surface area contributed by atoms with Crippen LogP contribution in [0.4, 0.5) is 10.8 Å². The second kappa shape index (κ2) is 8.55. The average molecular weight is 435 g/mol. The van der Waals surface area contributed by atoms with Gasteiger partial charge in [-0.15, -0.1) is 10.2 Å². The van der Waals surface area contributed by atoms with E-state index in [1.807, 2.05) is 13.8 Å². The molecule has 0 bridgehead atoms. The Bertz CT molecular complexity index is 869. The van der Waals surface area contributed by atoms with Gasteiger partial charge in [0.25, 0.3) is 0 Å². The third-order valence-corrected chi connectivity index (χ3v) is 6.56. The quantitative estimate of drug-likeness (QED) is 0.529. The summed E-state index contributed by atoms with van der Waals surface area (Å²) in [5.41, 5.74) is 0.355. The number of carbonyl (C=O) groups is 1. The van der Waals surface area contributed by atoms with Crippen molar-refractivity contribution >= 4 is 61.4 Å². The maximum atomic E-state index is 12.6. The molecule has 0 saturated heterocycles. The molecule has 2 aromatic rings. The average Bonchev–Trinajstić information content (AvgIpc) is 2.94. The van der Waals surface area contributed by atoms with Gasteiger partial charge in [0.1, 0.15) is 6.04 Å². The van der Waals surface area contributed by atoms with Crippen LogP contribution in [0, 0.1) is 0 Å². The fraction of sp³-hybridized carbons (Fsp3) is 0.400. The van der Waals surface area contributed by atoms with Crippen molar-refractivity contribution in [3.8, 4) is 0 Å². The first kappa shape index (κ1) is 20.9. The van der Waals surface area contributed by atoms with Gasteiger partial charge in [-0.25, -0.2) is 8.42 Å². The van der Waals surface area contributed by atoms with E-state index in [1.165, 1.54) is 30.0 Å². The van der Waals surface area contributed by atoms with Crippen molar-refractivity contribution in [2.45, 2.75) is 36.4 Å². The number of nitrogens with one attached hydrogen (secondary N) is 1. The van der Waals surface area contributed by atoms with Crippen LogP contribution in [0.2, 0.25) is 5.02 Å². The molecule has 26 heavy (non-hydrogen) atoms. The van der Waals surface area contributed by atoms with E-state index >= 15 is 0 Å². The molecule has 142 valence electrons. The summed E-state index contributed by atoms with van der Waals surface area (Å²) in [5.74, 6) is -0.498. The maximum Gasteiger partial charge on any atom is 0.249 e. The van der Waals surface area contributed by atoms with E-state index in [0.717, 1.165) is 14.9 Å². The lowest BCUT2D eigenvalue weighted by atomic mass is 10.2. The Morgan fingerprint density at radius 3 is 2.38 bits per heavy atom. The largest absolute Gasteiger partial charge is 0.299 e. The van der Waals surface area contributed by atoms with E-state index in [0.29, 0.717) is 21.1 Å². The minimum atomic E-state index is -3.69. The monoisotopic (exact) mass is 434 g/mol. The molecule has 7 nitrogen and oxygen atoms in total. The summed E-state index contributed by atoms with van der Waals surface area (Å²) in [6, 6.07) is 5.27. The van der Waals surface area contributed by atoms with Crippen LogP contribution in [0.25, 0.3) is 0 Å². The van der Waals surface area contributed by atoms with E-state index in [-0.39, 0.29) is 0 Å². The summed E-state index contributed by atoms with van der Waals surface area (Å²) < 4.78 is 26.2. The molecular weight excluding hydrogens is 416 g/mol. The van der Waals surface area contributed by atoms with Gasteiger partial charge in [-0.05, 0) is 31.2 Å². The van der Waals surface area contributed by atoms with Crippen molar-refractivity contribution in [3.63, 3.8) is 0 Å². The number of hydrogen-bond donors (Lipinski definition) is 1. The zero-order chi connectivity index (χ0) is 19.5. The highest BCUT2D eigenvalue weighted by atomic mass is 35.5. The number of aromatic nitrogens is 2. The van der Waals surface area contributed by atoms with E-state index in [4.69, 9.17) is 11.6 Å². The molecule has 0 fully saturated rings. The number of sulfonamides is 1. The highest BCUT2D eigenvalue weighted by Gasteiger charge is 2.29. The fourth-order valence-corrected chi connectivity index (χ4v) is 5.40. The molecule has 0 unspecified atom stereocenters. The molecule has 11 heteroatoms. The number of hydrogen-bond acceptors (Lipinski definition) is 7. The van der Waals surface area contributed by atoms with E-state index in [1.54, 1.807) is 24.3 Å². The third kappa shape index (κ3) is 5.57. The Morgan fingerprint density at radius 1 is 1.23 bits per heavy atom. The summed E-state index contributed by atoms with van der Waals surface area (Å²) in [6.07, 6.45) is 1.05. The number of carbonyl (C=O) groups excluding carboxylic acids is 1. The molecule has 1 heterocycles. The van der Waals surface area contributed by atoms with Crippen molar-refractivity contribution in [2.24, 2.45) is 0 Å². The Balaban J connectivity index is 2.19. The number of amides is 1. The molecular formula is C15H19ClN4O3S3. The summed E-state index contributed by atoms with van der Waals surface area (Å²) >= 11 is 8.64. The van der Waals surface area contributed by atoms with Gasteiger partial charge in [-0.2, -0.15) is 0 Å². The summed E-state index contributed by atoms with van der Waals surface area (Å²) in [7, 11) is -3.69. The van der Waals surface area contributed by atoms with Crippen molar-refractivity contribution in [1.82, 2.24) is 10.2 Å². The molecule has 1 aromatic carbocycles. The highest BCUT2D eigenvalue weighted by Crippen LogP contribution is 2.29. The molecule has 2 rings (SSSR count). The summed E-state index contributed by atoms with van der Waals surface area (Å²) in [4.78, 5) is 12.6. The van der Waals surface area contributed by atoms with Crippen molar-refractivity contribution < 1.29 is 13.2 Å². The number of thioether (sulfide) groups is 1. The molecule has 0 aliphatic heterocycles. The predicted octanol–water partition coefficient (Wildman–Crippen LogP) is 3.49. The van der Waals surface area contributed by atoms with Gasteiger partial charge in [0.05, 0.1) is 11.9 Å². The summed E-state index contributed by atoms with van der Waals surface area (Å²) in [5, 5.41) is 11.7. The van der Waals surface area contributed by atoms with Gasteiger partial charge in [0.15, 0.2) is 4.34 Å². The zero-order valence-electron chi connectivity index (χ0n) is 14.6. The molecule has 1 atom stereocenters. The molecule has 0 saturated carbocycles. The topological polar surface area (TPSA) is 92.3 Å². The van der Waals surface area contributed by atoms with Crippen LogP contribution in [0.5, 0.6) is 0 Å². The van der Waals surface area contributed by atoms with Crippen molar-refractivity contribution in [3.05, 3.63) is 29.3 Å². The second-order valence-corrected chi connectivity index (χ2v) is 10.8. The van der Waals surface area contributed by atoms with E-state index in [2.05, 4.69) is 15.5 Å². The smallest absolute Gasteiger partial charge is 0.249 e. The third-order valence-electron chi connectivity index (χ3n) is 3.14. The van der Waals surface area contributed by atoms with Crippen LogP contribution >= 0.6 is 34.7 Å². The van der Waals surface area contributed by atoms with Crippen LogP contribution in [0.3, 0.4) is 0 Å². The van der Waals surface area contributed by atoms with Crippen molar-refractivity contribution in [1.29, 1.82) is 0 Å². The van der Waals surface area contributed by atoms with Crippen LogP contribution in [0.1, 0.15) is 20.8 Å². The SMILES string of the molecule is CC(C)Sc1nnc(NC(=O)[C@H](C)N(c2ccc(Cl)cc2)S(C)(=O)=O)s1. The molecule has 1 aromatic heterocycles. The lowest BCUT2D eigenvalue weighted by molar-refractivity contribution is -0.116. The van der Waals surface area contributed by atoms with Gasteiger partial charge in [-0.3, -0.25) is 14.4 Å². The van der Waals surface area contributed by atoms with Gasteiger partial charge in [0.2, 0.25) is 21.1 Å². The highest BCUT2D eigenvalue weighted by molar-refractivity contribution is 8.01. The second-order valence-electron chi connectivity index (χ2n) is 5.74. The first-order chi connectivity index (χ1) is 12.1. The molecule has 0 aliphatic carbocycles. The first-order valence-corrected chi connectivity index (χ1v) is 11.6. The molecule has 1 N–H and O–H groups in total. The van der Waals surface area contributed by atoms with Crippen molar-refractivity contribution in [2.75, 3.05) is 15.9 Å².